The maximum absolute atomic E-state index is 9.94. The van der Waals surface area contributed by atoms with Crippen LogP contribution in [0.3, 0.4) is 0 Å². The molecule has 1 saturated carbocycles. The van der Waals surface area contributed by atoms with Crippen molar-refractivity contribution in [2.24, 2.45) is 10.9 Å². The molecule has 2 fully saturated rings. The molecule has 3 unspecified atom stereocenters. The van der Waals surface area contributed by atoms with E-state index in [0.717, 1.165) is 63.6 Å². The third kappa shape index (κ3) is 4.35. The number of aromatic nitrogens is 2. The maximum atomic E-state index is 9.94. The third-order valence-electron chi connectivity index (χ3n) is 4.97. The van der Waals surface area contributed by atoms with Crippen LogP contribution in [-0.2, 0) is 0 Å². The molecule has 0 bridgehead atoms. The molecule has 24 heavy (non-hydrogen) atoms. The van der Waals surface area contributed by atoms with E-state index in [2.05, 4.69) is 30.5 Å². The van der Waals surface area contributed by atoms with Crippen molar-refractivity contribution in [2.75, 3.05) is 31.6 Å². The topological polar surface area (TPSA) is 85.7 Å². The molecule has 7 heteroatoms. The van der Waals surface area contributed by atoms with Crippen LogP contribution < -0.4 is 15.5 Å². The summed E-state index contributed by atoms with van der Waals surface area (Å²) in [5, 5.41) is 16.8. The average molecular weight is 332 g/mol. The summed E-state index contributed by atoms with van der Waals surface area (Å²) in [5.74, 6) is 1.94. The second-order valence-corrected chi connectivity index (χ2v) is 6.69. The largest absolute Gasteiger partial charge is 0.393 e. The predicted octanol–water partition coefficient (Wildman–Crippen LogP) is 0.771. The summed E-state index contributed by atoms with van der Waals surface area (Å²) >= 11 is 0. The highest BCUT2D eigenvalue weighted by Crippen LogP contribution is 2.24. The van der Waals surface area contributed by atoms with Crippen LogP contribution in [0, 0.1) is 5.92 Å². The first kappa shape index (κ1) is 17.0. The van der Waals surface area contributed by atoms with E-state index in [1.54, 1.807) is 19.4 Å². The van der Waals surface area contributed by atoms with Crippen molar-refractivity contribution in [3.63, 3.8) is 0 Å². The van der Waals surface area contributed by atoms with Gasteiger partial charge in [0.2, 0.25) is 5.95 Å². The second kappa shape index (κ2) is 8.28. The molecule has 0 amide bonds. The Balaban J connectivity index is 1.50. The number of nitrogens with one attached hydrogen (secondary N) is 2. The van der Waals surface area contributed by atoms with Gasteiger partial charge in [0.15, 0.2) is 5.96 Å². The number of rotatable bonds is 4. The molecule has 2 aliphatic rings. The van der Waals surface area contributed by atoms with E-state index in [1.165, 1.54) is 0 Å². The van der Waals surface area contributed by atoms with Crippen LogP contribution in [0.4, 0.5) is 5.95 Å². The van der Waals surface area contributed by atoms with Gasteiger partial charge in [-0.2, -0.15) is 0 Å². The lowest BCUT2D eigenvalue weighted by Crippen LogP contribution is -2.52. The van der Waals surface area contributed by atoms with Crippen molar-refractivity contribution in [1.29, 1.82) is 0 Å². The lowest BCUT2D eigenvalue weighted by molar-refractivity contribution is 0.134. The van der Waals surface area contributed by atoms with Crippen LogP contribution in [0.25, 0.3) is 0 Å². The van der Waals surface area contributed by atoms with Crippen molar-refractivity contribution in [3.8, 4) is 0 Å². The number of aliphatic hydroxyl groups excluding tert-OH is 1. The van der Waals surface area contributed by atoms with Crippen LogP contribution in [0.15, 0.2) is 23.5 Å². The fourth-order valence-electron chi connectivity index (χ4n) is 3.60. The summed E-state index contributed by atoms with van der Waals surface area (Å²) in [7, 11) is 1.79. The van der Waals surface area contributed by atoms with Crippen molar-refractivity contribution in [1.82, 2.24) is 20.6 Å². The molecule has 3 N–H and O–H groups in total. The zero-order valence-electron chi connectivity index (χ0n) is 14.4. The minimum absolute atomic E-state index is 0.170. The average Bonchev–Trinajstić information content (AvgIpc) is 3.04. The van der Waals surface area contributed by atoms with Gasteiger partial charge in [0.1, 0.15) is 0 Å². The van der Waals surface area contributed by atoms with Crippen molar-refractivity contribution >= 4 is 11.9 Å². The zero-order chi connectivity index (χ0) is 16.8. The molecule has 2 heterocycles. The Hall–Kier alpha value is -1.89. The third-order valence-corrected chi connectivity index (χ3v) is 4.97. The molecule has 3 rings (SSSR count). The first-order valence-corrected chi connectivity index (χ1v) is 8.93. The van der Waals surface area contributed by atoms with Crippen LogP contribution in [-0.4, -0.2) is 59.9 Å². The lowest BCUT2D eigenvalue weighted by atomic mass is 10.1. The molecule has 1 saturated heterocycles. The normalized spacial score (nSPS) is 28.0. The van der Waals surface area contributed by atoms with Gasteiger partial charge in [-0.1, -0.05) is 6.42 Å². The Bertz CT molecular complexity index is 537. The van der Waals surface area contributed by atoms with Gasteiger partial charge in [0, 0.05) is 51.0 Å². The lowest BCUT2D eigenvalue weighted by Gasteiger charge is -2.34. The summed E-state index contributed by atoms with van der Waals surface area (Å²) in [6.45, 7) is 2.64. The van der Waals surface area contributed by atoms with Crippen LogP contribution in [0.2, 0.25) is 0 Å². The highest BCUT2D eigenvalue weighted by molar-refractivity contribution is 5.80. The first-order chi connectivity index (χ1) is 11.8. The van der Waals surface area contributed by atoms with Gasteiger partial charge < -0.3 is 20.6 Å². The molecule has 0 spiro atoms. The van der Waals surface area contributed by atoms with E-state index in [-0.39, 0.29) is 6.10 Å². The molecule has 132 valence electrons. The van der Waals surface area contributed by atoms with E-state index in [0.29, 0.717) is 12.0 Å². The summed E-state index contributed by atoms with van der Waals surface area (Å²) in [4.78, 5) is 15.2. The Morgan fingerprint density at radius 3 is 2.83 bits per heavy atom. The van der Waals surface area contributed by atoms with Crippen molar-refractivity contribution < 1.29 is 5.11 Å². The summed E-state index contributed by atoms with van der Waals surface area (Å²) in [6.07, 6.45) is 8.75. The van der Waals surface area contributed by atoms with Gasteiger partial charge in [-0.25, -0.2) is 9.97 Å². The summed E-state index contributed by atoms with van der Waals surface area (Å²) < 4.78 is 0. The Labute approximate surface area is 143 Å². The monoisotopic (exact) mass is 332 g/mol. The minimum Gasteiger partial charge on any atom is -0.393 e. The van der Waals surface area contributed by atoms with E-state index in [1.807, 2.05) is 6.07 Å². The van der Waals surface area contributed by atoms with Gasteiger partial charge in [-0.3, -0.25) is 4.99 Å². The Kier molecular flexibility index (Phi) is 5.85. The van der Waals surface area contributed by atoms with E-state index in [9.17, 15) is 5.11 Å². The maximum Gasteiger partial charge on any atom is 0.225 e. The Morgan fingerprint density at radius 1 is 1.29 bits per heavy atom. The van der Waals surface area contributed by atoms with E-state index >= 15 is 0 Å². The quantitative estimate of drug-likeness (QED) is 0.558. The van der Waals surface area contributed by atoms with E-state index < -0.39 is 0 Å². The number of piperidine rings is 1. The summed E-state index contributed by atoms with van der Waals surface area (Å²) in [6, 6.07) is 2.16. The highest BCUT2D eigenvalue weighted by atomic mass is 16.3. The van der Waals surface area contributed by atoms with Crippen LogP contribution in [0.1, 0.15) is 32.1 Å². The molecule has 0 radical (unpaired) electrons. The number of nitrogens with zero attached hydrogens (tertiary/aromatic N) is 4. The molecule has 1 aromatic heterocycles. The zero-order valence-corrected chi connectivity index (χ0v) is 14.4. The number of hydrogen-bond donors (Lipinski definition) is 3. The second-order valence-electron chi connectivity index (χ2n) is 6.69. The van der Waals surface area contributed by atoms with Gasteiger partial charge >= 0.3 is 0 Å². The molecule has 7 nitrogen and oxygen atoms in total. The molecule has 0 aromatic carbocycles. The predicted molar refractivity (Wildman–Crippen MR) is 95.1 cm³/mol. The van der Waals surface area contributed by atoms with Gasteiger partial charge in [0.25, 0.3) is 0 Å². The molecular formula is C17H28N6O. The standard InChI is InChI=1S/C17H28N6O/c1-18-16(21-11-13-5-2-7-15(13)24)22-14-6-3-10-23(12-14)17-19-8-4-9-20-17/h4,8-9,13-15,24H,2-3,5-7,10-12H2,1H3,(H2,18,21,22). The fraction of sp³-hybridized carbons (Fsp3) is 0.706. The first-order valence-electron chi connectivity index (χ1n) is 8.93. The van der Waals surface area contributed by atoms with E-state index in [4.69, 9.17) is 0 Å². The SMILES string of the molecule is CN=C(NCC1CCCC1O)NC1CCCN(c2ncccn2)C1. The highest BCUT2D eigenvalue weighted by Gasteiger charge is 2.26. The number of hydrogen-bond acceptors (Lipinski definition) is 5. The number of anilines is 1. The van der Waals surface area contributed by atoms with Gasteiger partial charge in [0.05, 0.1) is 6.10 Å². The molecule has 1 aliphatic carbocycles. The number of aliphatic hydroxyl groups is 1. The fourth-order valence-corrected chi connectivity index (χ4v) is 3.60. The smallest absolute Gasteiger partial charge is 0.225 e. The molecular weight excluding hydrogens is 304 g/mol. The molecule has 3 atom stereocenters. The van der Waals surface area contributed by atoms with Crippen molar-refractivity contribution in [2.45, 2.75) is 44.2 Å². The van der Waals surface area contributed by atoms with Crippen LogP contribution >= 0.6 is 0 Å². The van der Waals surface area contributed by atoms with Gasteiger partial charge in [-0.15, -0.1) is 0 Å². The minimum atomic E-state index is -0.170. The Morgan fingerprint density at radius 2 is 2.12 bits per heavy atom. The molecule has 1 aliphatic heterocycles. The van der Waals surface area contributed by atoms with Gasteiger partial charge in [-0.05, 0) is 31.7 Å². The van der Waals surface area contributed by atoms with Crippen LogP contribution in [0.5, 0.6) is 0 Å². The number of aliphatic imine (C=N–C) groups is 1. The summed E-state index contributed by atoms with van der Waals surface area (Å²) in [5.41, 5.74) is 0. The molecule has 1 aromatic rings. The van der Waals surface area contributed by atoms with Crippen molar-refractivity contribution in [3.05, 3.63) is 18.5 Å². The number of guanidine groups is 1.